The first-order chi connectivity index (χ1) is 15.7. The maximum Gasteiger partial charge on any atom is 0.157 e. The first-order valence-corrected chi connectivity index (χ1v) is 11.0. The van der Waals surface area contributed by atoms with Crippen molar-refractivity contribution in [3.05, 3.63) is 71.5 Å². The van der Waals surface area contributed by atoms with Crippen molar-refractivity contribution < 1.29 is 4.39 Å². The minimum absolute atomic E-state index is 0.223. The SMILES string of the molecule is C=Cc1nc(CCNCCc2nc3c(NCc4ncccc4F)ncnc3s2)[nH]c1C=C. The van der Waals surface area contributed by atoms with Gasteiger partial charge in [-0.1, -0.05) is 24.5 Å². The molecule has 10 heteroatoms. The molecule has 0 saturated carbocycles. The van der Waals surface area contributed by atoms with Gasteiger partial charge in [-0.05, 0) is 24.3 Å². The molecule has 3 N–H and O–H groups in total. The molecule has 0 unspecified atom stereocenters. The second-order valence-electron chi connectivity index (χ2n) is 6.91. The fourth-order valence-electron chi connectivity index (χ4n) is 3.16. The molecule has 0 aliphatic rings. The molecule has 164 valence electrons. The summed E-state index contributed by atoms with van der Waals surface area (Å²) in [5, 5.41) is 7.49. The van der Waals surface area contributed by atoms with Gasteiger partial charge in [0.05, 0.1) is 28.6 Å². The Bertz CT molecular complexity index is 1210. The minimum Gasteiger partial charge on any atom is -0.362 e. The number of imidazole rings is 1. The number of rotatable bonds is 11. The van der Waals surface area contributed by atoms with E-state index >= 15 is 0 Å². The van der Waals surface area contributed by atoms with E-state index in [1.807, 2.05) is 0 Å². The molecule has 0 amide bonds. The van der Waals surface area contributed by atoms with Crippen LogP contribution in [0, 0.1) is 5.82 Å². The Morgan fingerprint density at radius 2 is 1.97 bits per heavy atom. The van der Waals surface area contributed by atoms with E-state index in [1.54, 1.807) is 24.4 Å². The fourth-order valence-corrected chi connectivity index (χ4v) is 4.06. The predicted octanol–water partition coefficient (Wildman–Crippen LogP) is 3.62. The summed E-state index contributed by atoms with van der Waals surface area (Å²) in [6.45, 7) is 9.33. The third-order valence-corrected chi connectivity index (χ3v) is 5.78. The zero-order valence-electron chi connectivity index (χ0n) is 17.4. The van der Waals surface area contributed by atoms with E-state index in [4.69, 9.17) is 0 Å². The van der Waals surface area contributed by atoms with Gasteiger partial charge in [0.1, 0.15) is 28.3 Å². The Morgan fingerprint density at radius 1 is 1.09 bits per heavy atom. The molecule has 0 spiro atoms. The van der Waals surface area contributed by atoms with Crippen LogP contribution in [0.3, 0.4) is 0 Å². The summed E-state index contributed by atoms with van der Waals surface area (Å²) in [6.07, 6.45) is 8.05. The number of fused-ring (bicyclic) bond motifs is 1. The van der Waals surface area contributed by atoms with Crippen LogP contribution in [-0.2, 0) is 19.4 Å². The van der Waals surface area contributed by atoms with Gasteiger partial charge >= 0.3 is 0 Å². The quantitative estimate of drug-likeness (QED) is 0.300. The maximum atomic E-state index is 13.8. The van der Waals surface area contributed by atoms with Crippen LogP contribution in [0.15, 0.2) is 37.8 Å². The summed E-state index contributed by atoms with van der Waals surface area (Å²) in [7, 11) is 0. The molecule has 0 atom stereocenters. The third kappa shape index (κ3) is 5.04. The number of anilines is 1. The van der Waals surface area contributed by atoms with Crippen LogP contribution in [0.25, 0.3) is 22.5 Å². The Hall–Kier alpha value is -3.50. The summed E-state index contributed by atoms with van der Waals surface area (Å²) >= 11 is 1.53. The maximum absolute atomic E-state index is 13.8. The molecule has 0 fully saturated rings. The zero-order chi connectivity index (χ0) is 22.3. The lowest BCUT2D eigenvalue weighted by molar-refractivity contribution is 0.602. The van der Waals surface area contributed by atoms with E-state index in [0.29, 0.717) is 17.0 Å². The van der Waals surface area contributed by atoms with Crippen molar-refractivity contribution >= 4 is 39.7 Å². The summed E-state index contributed by atoms with van der Waals surface area (Å²) < 4.78 is 13.8. The largest absolute Gasteiger partial charge is 0.362 e. The molecular formula is C22H23FN8S. The molecule has 0 aliphatic carbocycles. The number of hydrogen-bond acceptors (Lipinski definition) is 8. The lowest BCUT2D eigenvalue weighted by atomic mass is 10.3. The lowest BCUT2D eigenvalue weighted by Gasteiger charge is -2.05. The van der Waals surface area contributed by atoms with Gasteiger partial charge in [-0.15, -0.1) is 0 Å². The van der Waals surface area contributed by atoms with Gasteiger partial charge in [-0.3, -0.25) is 4.98 Å². The normalized spacial score (nSPS) is 11.0. The van der Waals surface area contributed by atoms with E-state index < -0.39 is 0 Å². The summed E-state index contributed by atoms with van der Waals surface area (Å²) in [4.78, 5) is 25.8. The standard InChI is InChI=1S/C22H23FN8S/c1-3-15-16(4-2)30-18(29-15)7-10-24-11-8-19-31-20-21(27-13-28-22(20)32-19)26-12-17-14(23)6-5-9-25-17/h3-6,9,13,24H,1-2,7-8,10-12H2,(H,29,30)(H,26,27,28). The first kappa shape index (κ1) is 21.7. The lowest BCUT2D eigenvalue weighted by Crippen LogP contribution is -2.20. The summed E-state index contributed by atoms with van der Waals surface area (Å²) in [6, 6.07) is 2.95. The van der Waals surface area contributed by atoms with Crippen LogP contribution in [0.5, 0.6) is 0 Å². The number of pyridine rings is 1. The Morgan fingerprint density at radius 3 is 2.75 bits per heavy atom. The van der Waals surface area contributed by atoms with Crippen LogP contribution < -0.4 is 10.6 Å². The monoisotopic (exact) mass is 450 g/mol. The van der Waals surface area contributed by atoms with Crippen LogP contribution in [0.2, 0.25) is 0 Å². The number of nitrogens with zero attached hydrogens (tertiary/aromatic N) is 5. The minimum atomic E-state index is -0.355. The molecule has 0 aliphatic heterocycles. The first-order valence-electron chi connectivity index (χ1n) is 10.2. The third-order valence-electron chi connectivity index (χ3n) is 4.76. The molecule has 4 rings (SSSR count). The molecule has 0 bridgehead atoms. The van der Waals surface area contributed by atoms with E-state index in [0.717, 1.165) is 53.0 Å². The number of halogens is 1. The van der Waals surface area contributed by atoms with Crippen molar-refractivity contribution in [2.24, 2.45) is 0 Å². The van der Waals surface area contributed by atoms with Crippen molar-refractivity contribution in [3.63, 3.8) is 0 Å². The molecular weight excluding hydrogens is 427 g/mol. The van der Waals surface area contributed by atoms with Crippen LogP contribution in [0.1, 0.15) is 27.9 Å². The van der Waals surface area contributed by atoms with E-state index in [9.17, 15) is 4.39 Å². The molecule has 0 radical (unpaired) electrons. The molecule has 4 aromatic rings. The van der Waals surface area contributed by atoms with Crippen molar-refractivity contribution in [3.8, 4) is 0 Å². The van der Waals surface area contributed by atoms with Crippen LogP contribution >= 0.6 is 11.3 Å². The van der Waals surface area contributed by atoms with Crippen molar-refractivity contribution in [2.75, 3.05) is 18.4 Å². The van der Waals surface area contributed by atoms with Crippen molar-refractivity contribution in [1.82, 2.24) is 35.2 Å². The Labute approximate surface area is 188 Å². The van der Waals surface area contributed by atoms with Gasteiger partial charge in [0.2, 0.25) is 0 Å². The van der Waals surface area contributed by atoms with E-state index in [1.165, 1.54) is 23.7 Å². The van der Waals surface area contributed by atoms with Gasteiger partial charge in [-0.2, -0.15) is 0 Å². The zero-order valence-corrected chi connectivity index (χ0v) is 18.3. The number of aromatic amines is 1. The highest BCUT2D eigenvalue weighted by Crippen LogP contribution is 2.25. The number of hydrogen-bond donors (Lipinski definition) is 3. The molecule has 0 aromatic carbocycles. The smallest absolute Gasteiger partial charge is 0.157 e. The molecule has 8 nitrogen and oxygen atoms in total. The van der Waals surface area contributed by atoms with E-state index in [-0.39, 0.29) is 12.4 Å². The highest BCUT2D eigenvalue weighted by molar-refractivity contribution is 7.18. The highest BCUT2D eigenvalue weighted by Gasteiger charge is 2.12. The average Bonchev–Trinajstić information content (AvgIpc) is 3.41. The van der Waals surface area contributed by atoms with Gasteiger partial charge in [0.25, 0.3) is 0 Å². The predicted molar refractivity (Wildman–Crippen MR) is 126 cm³/mol. The van der Waals surface area contributed by atoms with Gasteiger partial charge in [0.15, 0.2) is 5.82 Å². The van der Waals surface area contributed by atoms with Crippen molar-refractivity contribution in [2.45, 2.75) is 19.4 Å². The summed E-state index contributed by atoms with van der Waals surface area (Å²) in [5.41, 5.74) is 2.73. The number of nitrogens with one attached hydrogen (secondary N) is 3. The number of thiazole rings is 1. The van der Waals surface area contributed by atoms with Gasteiger partial charge in [0, 0.05) is 32.1 Å². The second kappa shape index (κ2) is 10.2. The molecule has 0 saturated heterocycles. The van der Waals surface area contributed by atoms with Gasteiger partial charge in [-0.25, -0.2) is 24.3 Å². The number of aromatic nitrogens is 6. The Balaban J connectivity index is 1.31. The topological polar surface area (TPSA) is 104 Å². The molecule has 4 aromatic heterocycles. The Kier molecular flexibility index (Phi) is 6.93. The van der Waals surface area contributed by atoms with Crippen LogP contribution in [-0.4, -0.2) is 43.0 Å². The molecule has 4 heterocycles. The molecule has 32 heavy (non-hydrogen) atoms. The fraction of sp³-hybridized carbons (Fsp3) is 0.227. The van der Waals surface area contributed by atoms with Crippen molar-refractivity contribution in [1.29, 1.82) is 0 Å². The van der Waals surface area contributed by atoms with Gasteiger partial charge < -0.3 is 15.6 Å². The van der Waals surface area contributed by atoms with E-state index in [2.05, 4.69) is 53.7 Å². The number of H-pyrrole nitrogens is 1. The highest BCUT2D eigenvalue weighted by atomic mass is 32.1. The van der Waals surface area contributed by atoms with Crippen LogP contribution in [0.4, 0.5) is 10.2 Å². The second-order valence-corrected chi connectivity index (χ2v) is 7.97. The average molecular weight is 451 g/mol. The summed E-state index contributed by atoms with van der Waals surface area (Å²) in [5.74, 6) is 1.12.